The van der Waals surface area contributed by atoms with Crippen molar-refractivity contribution in [3.05, 3.63) is 27.5 Å². The number of hydrogen-bond acceptors (Lipinski definition) is 6. The van der Waals surface area contributed by atoms with E-state index >= 15 is 0 Å². The quantitative estimate of drug-likeness (QED) is 0.674. The van der Waals surface area contributed by atoms with Crippen molar-refractivity contribution in [3.8, 4) is 0 Å². The second-order valence-electron chi connectivity index (χ2n) is 4.89. The van der Waals surface area contributed by atoms with E-state index in [1.807, 2.05) is 20.8 Å². The van der Waals surface area contributed by atoms with Crippen molar-refractivity contribution < 1.29 is 9.59 Å². The van der Waals surface area contributed by atoms with Gasteiger partial charge in [-0.25, -0.2) is 0 Å². The van der Waals surface area contributed by atoms with Gasteiger partial charge in [-0.05, 0) is 40.2 Å². The summed E-state index contributed by atoms with van der Waals surface area (Å²) in [7, 11) is 0. The first-order chi connectivity index (χ1) is 9.81. The average molecular weight is 323 g/mol. The highest BCUT2D eigenvalue weighted by atomic mass is 32.2. The number of nitrogens with zero attached hydrogens (tertiary/aromatic N) is 2. The van der Waals surface area contributed by atoms with Crippen LogP contribution >= 0.6 is 23.1 Å². The molecule has 7 heteroatoms. The van der Waals surface area contributed by atoms with Gasteiger partial charge >= 0.3 is 0 Å². The molecule has 0 saturated heterocycles. The Kier molecular flexibility index (Phi) is 4.63. The minimum atomic E-state index is -0.283. The highest BCUT2D eigenvalue weighted by molar-refractivity contribution is 8.02. The van der Waals surface area contributed by atoms with Crippen LogP contribution in [-0.2, 0) is 0 Å². The smallest absolute Gasteiger partial charge is 0.192 e. The molecule has 2 rings (SSSR count). The predicted octanol–water partition coefficient (Wildman–Crippen LogP) is 3.36. The van der Waals surface area contributed by atoms with Crippen LogP contribution < -0.4 is 0 Å². The molecule has 2 heterocycles. The maximum Gasteiger partial charge on any atom is 0.192 e. The summed E-state index contributed by atoms with van der Waals surface area (Å²) in [5, 5.41) is 8.56. The molecule has 1 atom stereocenters. The minimum Gasteiger partial charge on any atom is -0.355 e. The van der Waals surface area contributed by atoms with Crippen LogP contribution in [0.25, 0.3) is 0 Å². The lowest BCUT2D eigenvalue weighted by Gasteiger charge is -2.07. The van der Waals surface area contributed by atoms with Gasteiger partial charge in [-0.15, -0.1) is 10.2 Å². The van der Waals surface area contributed by atoms with Crippen molar-refractivity contribution >= 4 is 34.7 Å². The summed E-state index contributed by atoms with van der Waals surface area (Å²) in [6.07, 6.45) is 0. The van der Waals surface area contributed by atoms with Crippen LogP contribution in [0, 0.1) is 20.8 Å². The second kappa shape index (κ2) is 6.11. The molecule has 0 aliphatic carbocycles. The Morgan fingerprint density at radius 1 is 1.24 bits per heavy atom. The summed E-state index contributed by atoms with van der Waals surface area (Å²) >= 11 is 2.86. The van der Waals surface area contributed by atoms with Gasteiger partial charge < -0.3 is 4.98 Å². The maximum absolute atomic E-state index is 12.6. The molecule has 0 fully saturated rings. The highest BCUT2D eigenvalue weighted by Gasteiger charge is 2.25. The molecule has 5 nitrogen and oxygen atoms in total. The van der Waals surface area contributed by atoms with E-state index < -0.39 is 0 Å². The fraction of sp³-hybridized carbons (Fsp3) is 0.429. The third kappa shape index (κ3) is 3.24. The molecule has 0 amide bonds. The minimum absolute atomic E-state index is 0.0269. The fourth-order valence-corrected chi connectivity index (χ4v) is 4.28. The van der Waals surface area contributed by atoms with Crippen molar-refractivity contribution in [2.75, 3.05) is 0 Å². The Labute approximate surface area is 131 Å². The Morgan fingerprint density at radius 3 is 2.38 bits per heavy atom. The molecule has 0 aromatic carbocycles. The number of carbonyl (C=O) groups excluding carboxylic acids is 2. The summed E-state index contributed by atoms with van der Waals surface area (Å²) in [6, 6.07) is 0. The van der Waals surface area contributed by atoms with Gasteiger partial charge in [0, 0.05) is 11.3 Å². The van der Waals surface area contributed by atoms with E-state index in [4.69, 9.17) is 0 Å². The van der Waals surface area contributed by atoms with E-state index in [0.29, 0.717) is 11.3 Å². The van der Waals surface area contributed by atoms with E-state index in [2.05, 4.69) is 15.2 Å². The number of hydrogen-bond donors (Lipinski definition) is 1. The molecular formula is C14H17N3O2S2. The van der Waals surface area contributed by atoms with Crippen LogP contribution in [0.1, 0.15) is 51.0 Å². The Morgan fingerprint density at radius 2 is 1.90 bits per heavy atom. The number of nitrogens with one attached hydrogen (secondary N) is 1. The third-order valence-corrected chi connectivity index (χ3v) is 5.21. The van der Waals surface area contributed by atoms with Crippen LogP contribution in [0.4, 0.5) is 0 Å². The van der Waals surface area contributed by atoms with E-state index in [9.17, 15) is 9.59 Å². The van der Waals surface area contributed by atoms with E-state index in [-0.39, 0.29) is 16.8 Å². The first kappa shape index (κ1) is 15.9. The average Bonchev–Trinajstić information content (AvgIpc) is 2.92. The van der Waals surface area contributed by atoms with Gasteiger partial charge in [0.1, 0.15) is 5.01 Å². The molecule has 112 valence electrons. The number of thioether (sulfide) groups is 1. The molecule has 0 spiro atoms. The molecule has 0 aliphatic heterocycles. The first-order valence-electron chi connectivity index (χ1n) is 6.52. The first-order valence-corrected chi connectivity index (χ1v) is 8.22. The third-order valence-electron chi connectivity index (χ3n) is 3.19. The monoisotopic (exact) mass is 323 g/mol. The highest BCUT2D eigenvalue weighted by Crippen LogP contribution is 2.29. The summed E-state index contributed by atoms with van der Waals surface area (Å²) in [5.74, 6) is -0.0543. The van der Waals surface area contributed by atoms with E-state index in [0.717, 1.165) is 20.6 Å². The molecule has 2 aromatic rings. The van der Waals surface area contributed by atoms with Crippen molar-refractivity contribution in [1.82, 2.24) is 15.2 Å². The second-order valence-corrected chi connectivity index (χ2v) is 7.66. The molecular weight excluding hydrogens is 306 g/mol. The van der Waals surface area contributed by atoms with Crippen LogP contribution in [-0.4, -0.2) is 32.0 Å². The predicted molar refractivity (Wildman–Crippen MR) is 84.6 cm³/mol. The van der Waals surface area contributed by atoms with Crippen LogP contribution in [0.5, 0.6) is 0 Å². The van der Waals surface area contributed by atoms with Crippen molar-refractivity contribution in [1.29, 1.82) is 0 Å². The van der Waals surface area contributed by atoms with Gasteiger partial charge in [-0.2, -0.15) is 0 Å². The lowest BCUT2D eigenvalue weighted by atomic mass is 10.0. The van der Waals surface area contributed by atoms with E-state index in [1.54, 1.807) is 6.92 Å². The lowest BCUT2D eigenvalue weighted by Crippen LogP contribution is -2.15. The van der Waals surface area contributed by atoms with Crippen molar-refractivity contribution in [3.63, 3.8) is 0 Å². The number of H-pyrrole nitrogens is 1. The van der Waals surface area contributed by atoms with Crippen LogP contribution in [0.15, 0.2) is 4.34 Å². The summed E-state index contributed by atoms with van der Waals surface area (Å²) < 4.78 is 0.779. The fourth-order valence-electron chi connectivity index (χ4n) is 2.26. The summed E-state index contributed by atoms with van der Waals surface area (Å²) in [4.78, 5) is 27.2. The molecule has 0 aliphatic rings. The number of carbonyl (C=O) groups is 2. The number of rotatable bonds is 5. The summed E-state index contributed by atoms with van der Waals surface area (Å²) in [6.45, 7) is 8.85. The number of aryl methyl sites for hydroxylation is 2. The maximum atomic E-state index is 12.6. The zero-order valence-corrected chi connectivity index (χ0v) is 14.2. The Bertz CT molecular complexity index is 703. The largest absolute Gasteiger partial charge is 0.355 e. The van der Waals surface area contributed by atoms with Crippen molar-refractivity contribution in [2.24, 2.45) is 0 Å². The normalized spacial score (nSPS) is 12.4. The van der Waals surface area contributed by atoms with Gasteiger partial charge in [0.15, 0.2) is 15.9 Å². The lowest BCUT2D eigenvalue weighted by molar-refractivity contribution is 0.0988. The number of aromatic nitrogens is 3. The topological polar surface area (TPSA) is 75.7 Å². The molecule has 21 heavy (non-hydrogen) atoms. The van der Waals surface area contributed by atoms with Gasteiger partial charge in [-0.1, -0.05) is 23.1 Å². The zero-order chi connectivity index (χ0) is 15.7. The van der Waals surface area contributed by atoms with Gasteiger partial charge in [0.2, 0.25) is 0 Å². The van der Waals surface area contributed by atoms with Crippen molar-refractivity contribution in [2.45, 2.75) is 44.2 Å². The molecule has 1 unspecified atom stereocenters. The molecule has 2 aromatic heterocycles. The molecule has 0 bridgehead atoms. The summed E-state index contributed by atoms with van der Waals surface area (Å²) in [5.41, 5.74) is 2.60. The Balaban J connectivity index is 2.23. The van der Waals surface area contributed by atoms with Gasteiger partial charge in [0.25, 0.3) is 0 Å². The zero-order valence-electron chi connectivity index (χ0n) is 12.6. The van der Waals surface area contributed by atoms with Crippen LogP contribution in [0.3, 0.4) is 0 Å². The SMILES string of the molecule is CC(=O)c1c(C)[nH]c(C(=O)C(C)Sc2nnc(C)s2)c1C. The van der Waals surface area contributed by atoms with Gasteiger partial charge in [-0.3, -0.25) is 9.59 Å². The number of ketones is 2. The molecule has 1 N–H and O–H groups in total. The number of aromatic amines is 1. The standard InChI is InChI=1S/C14H17N3O2S2/c1-6-11(8(3)18)7(2)15-12(6)13(19)9(4)20-14-17-16-10(5)21-14/h9,15H,1-5H3. The van der Waals surface area contributed by atoms with Gasteiger partial charge in [0.05, 0.1) is 10.9 Å². The number of Topliss-reactive ketones (excluding diaryl/α,β-unsaturated/α-hetero) is 2. The van der Waals surface area contributed by atoms with E-state index in [1.165, 1.54) is 30.0 Å². The molecule has 0 radical (unpaired) electrons. The Hall–Kier alpha value is -1.47. The molecule has 0 saturated carbocycles. The van der Waals surface area contributed by atoms with Crippen LogP contribution in [0.2, 0.25) is 0 Å².